The topological polar surface area (TPSA) is 105 Å². The number of anilines is 1. The molecule has 2 N–H and O–H groups in total. The number of amides is 2. The second-order valence-corrected chi connectivity index (χ2v) is 8.57. The predicted octanol–water partition coefficient (Wildman–Crippen LogP) is 2.71. The number of furan rings is 1. The quantitative estimate of drug-likeness (QED) is 0.479. The number of rotatable bonds is 9. The van der Waals surface area contributed by atoms with Crippen molar-refractivity contribution in [3.8, 4) is 0 Å². The van der Waals surface area contributed by atoms with Crippen molar-refractivity contribution in [2.75, 3.05) is 30.7 Å². The van der Waals surface area contributed by atoms with Gasteiger partial charge in [0.1, 0.15) is 12.1 Å². The van der Waals surface area contributed by atoms with Crippen LogP contribution in [0, 0.1) is 0 Å². The number of hydrogen-bond acceptors (Lipinski definition) is 7. The van der Waals surface area contributed by atoms with E-state index in [0.717, 1.165) is 31.7 Å². The first-order valence-electron chi connectivity index (χ1n) is 10.5. The third-order valence-corrected chi connectivity index (χ3v) is 6.38. The maximum Gasteiger partial charge on any atom is 0.251 e. The molecule has 0 spiro atoms. The number of benzene rings is 1. The van der Waals surface area contributed by atoms with Gasteiger partial charge < -0.3 is 19.6 Å². The van der Waals surface area contributed by atoms with Crippen LogP contribution in [0.2, 0.25) is 0 Å². The van der Waals surface area contributed by atoms with Crippen LogP contribution >= 0.6 is 11.8 Å². The second-order valence-electron chi connectivity index (χ2n) is 7.62. The molecule has 32 heavy (non-hydrogen) atoms. The molecular weight excluding hydrogens is 428 g/mol. The fraction of sp³-hybridized carbons (Fsp3) is 0.364. The van der Waals surface area contributed by atoms with Gasteiger partial charge in [-0.15, -0.1) is 10.2 Å². The van der Waals surface area contributed by atoms with Gasteiger partial charge in [0.15, 0.2) is 5.16 Å². The first kappa shape index (κ1) is 22.1. The van der Waals surface area contributed by atoms with E-state index in [9.17, 15) is 9.59 Å². The molecule has 0 unspecified atom stereocenters. The number of carbonyl (C=O) groups is 2. The average molecular weight is 455 g/mol. The number of nitrogens with one attached hydrogen (secondary N) is 2. The van der Waals surface area contributed by atoms with Crippen molar-refractivity contribution in [3.05, 3.63) is 60.3 Å². The Morgan fingerprint density at radius 2 is 1.97 bits per heavy atom. The van der Waals surface area contributed by atoms with E-state index in [-0.39, 0.29) is 23.6 Å². The van der Waals surface area contributed by atoms with Crippen LogP contribution < -0.4 is 10.6 Å². The zero-order valence-electron chi connectivity index (χ0n) is 17.9. The molecule has 3 heterocycles. The lowest BCUT2D eigenvalue weighted by Crippen LogP contribution is -2.36. The van der Waals surface area contributed by atoms with Gasteiger partial charge in [0.25, 0.3) is 5.91 Å². The number of aryl methyl sites for hydroxylation is 1. The van der Waals surface area contributed by atoms with Crippen molar-refractivity contribution in [1.29, 1.82) is 0 Å². The molecule has 2 amide bonds. The van der Waals surface area contributed by atoms with Gasteiger partial charge in [0.2, 0.25) is 5.91 Å². The van der Waals surface area contributed by atoms with Crippen LogP contribution in [-0.4, -0.2) is 56.9 Å². The lowest BCUT2D eigenvalue weighted by atomic mass is 10.1. The maximum absolute atomic E-state index is 12.7. The Balaban J connectivity index is 1.28. The molecule has 9 nitrogen and oxygen atoms in total. The van der Waals surface area contributed by atoms with Crippen LogP contribution in [0.15, 0.2) is 58.6 Å². The number of thioether (sulfide) groups is 1. The van der Waals surface area contributed by atoms with Crippen LogP contribution in [0.1, 0.15) is 35.0 Å². The summed E-state index contributed by atoms with van der Waals surface area (Å²) in [6, 6.07) is 10.7. The molecule has 168 valence electrons. The zero-order chi connectivity index (χ0) is 22.3. The molecule has 0 aliphatic carbocycles. The van der Waals surface area contributed by atoms with Gasteiger partial charge >= 0.3 is 0 Å². The Morgan fingerprint density at radius 1 is 1.19 bits per heavy atom. The van der Waals surface area contributed by atoms with Crippen molar-refractivity contribution < 1.29 is 14.0 Å². The highest BCUT2D eigenvalue weighted by Gasteiger charge is 2.26. The predicted molar refractivity (Wildman–Crippen MR) is 121 cm³/mol. The smallest absolute Gasteiger partial charge is 0.251 e. The molecule has 3 aromatic rings. The number of likely N-dealkylation sites (tertiary alicyclic amines) is 1. The summed E-state index contributed by atoms with van der Waals surface area (Å²) in [5.41, 5.74) is 1.17. The van der Waals surface area contributed by atoms with Crippen molar-refractivity contribution in [3.63, 3.8) is 0 Å². The standard InChI is InChI=1S/C22H26N6O3S/c1-27-15-24-26-22(27)32-14-20(29)25-17-8-6-16(7-9-17)21(30)23-13-18(19-5-4-12-31-19)28-10-2-3-11-28/h4-9,12,15,18H,2-3,10-11,13-14H2,1H3,(H,23,30)(H,25,29)/t18-/m0/s1. The Labute approximate surface area is 190 Å². The largest absolute Gasteiger partial charge is 0.468 e. The Hall–Kier alpha value is -3.11. The third kappa shape index (κ3) is 5.57. The number of carbonyl (C=O) groups excluding carboxylic acids is 2. The SMILES string of the molecule is Cn1cnnc1SCC(=O)Nc1ccc(C(=O)NC[C@@H](c2ccco2)N2CCCC2)cc1. The van der Waals surface area contributed by atoms with Crippen molar-refractivity contribution >= 4 is 29.3 Å². The molecular formula is C22H26N6O3S. The number of hydrogen-bond donors (Lipinski definition) is 2. The van der Waals surface area contributed by atoms with E-state index >= 15 is 0 Å². The van der Waals surface area contributed by atoms with E-state index in [2.05, 4.69) is 25.7 Å². The first-order valence-corrected chi connectivity index (χ1v) is 11.5. The summed E-state index contributed by atoms with van der Waals surface area (Å²) in [4.78, 5) is 27.2. The second kappa shape index (κ2) is 10.5. The molecule has 1 fully saturated rings. The summed E-state index contributed by atoms with van der Waals surface area (Å²) >= 11 is 1.31. The van der Waals surface area contributed by atoms with Gasteiger partial charge in [-0.05, 0) is 62.3 Å². The number of aromatic nitrogens is 3. The van der Waals surface area contributed by atoms with E-state index in [4.69, 9.17) is 4.42 Å². The zero-order valence-corrected chi connectivity index (χ0v) is 18.7. The maximum atomic E-state index is 12.7. The molecule has 1 aliphatic rings. The highest BCUT2D eigenvalue weighted by Crippen LogP contribution is 2.25. The Morgan fingerprint density at radius 3 is 2.62 bits per heavy atom. The lowest BCUT2D eigenvalue weighted by Gasteiger charge is -2.26. The van der Waals surface area contributed by atoms with Crippen LogP contribution in [0.25, 0.3) is 0 Å². The minimum atomic E-state index is -0.156. The summed E-state index contributed by atoms with van der Waals surface area (Å²) in [6.45, 7) is 2.49. The molecule has 2 aromatic heterocycles. The van der Waals surface area contributed by atoms with E-state index in [1.165, 1.54) is 11.8 Å². The fourth-order valence-corrected chi connectivity index (χ4v) is 4.36. The van der Waals surface area contributed by atoms with Crippen molar-refractivity contribution in [2.45, 2.75) is 24.0 Å². The normalized spacial score (nSPS) is 14.9. The first-order chi connectivity index (χ1) is 15.6. The Kier molecular flexibility index (Phi) is 7.23. The minimum absolute atomic E-state index is 0.0291. The van der Waals surface area contributed by atoms with Gasteiger partial charge in [0, 0.05) is 24.8 Å². The average Bonchev–Trinajstić information content (AvgIpc) is 3.57. The summed E-state index contributed by atoms with van der Waals surface area (Å²) in [5.74, 6) is 0.780. The fourth-order valence-electron chi connectivity index (χ4n) is 3.67. The van der Waals surface area contributed by atoms with E-state index < -0.39 is 0 Å². The summed E-state index contributed by atoms with van der Waals surface area (Å²) < 4.78 is 7.36. The van der Waals surface area contributed by atoms with Crippen LogP contribution in [-0.2, 0) is 11.8 Å². The van der Waals surface area contributed by atoms with Crippen LogP contribution in [0.4, 0.5) is 5.69 Å². The summed E-state index contributed by atoms with van der Waals surface area (Å²) in [7, 11) is 1.83. The van der Waals surface area contributed by atoms with E-state index in [1.54, 1.807) is 41.4 Å². The van der Waals surface area contributed by atoms with Gasteiger partial charge in [-0.25, -0.2) is 0 Å². The molecule has 10 heteroatoms. The summed E-state index contributed by atoms with van der Waals surface area (Å²) in [5, 5.41) is 14.2. The van der Waals surface area contributed by atoms with E-state index in [1.807, 2.05) is 19.2 Å². The monoisotopic (exact) mass is 454 g/mol. The molecule has 1 aromatic carbocycles. The van der Waals surface area contributed by atoms with Crippen LogP contribution in [0.5, 0.6) is 0 Å². The van der Waals surface area contributed by atoms with Gasteiger partial charge in [-0.1, -0.05) is 11.8 Å². The number of nitrogens with zero attached hydrogens (tertiary/aromatic N) is 4. The van der Waals surface area contributed by atoms with Gasteiger partial charge in [-0.3, -0.25) is 14.5 Å². The molecule has 1 atom stereocenters. The van der Waals surface area contributed by atoms with E-state index in [0.29, 0.717) is 23.0 Å². The minimum Gasteiger partial charge on any atom is -0.468 e. The van der Waals surface area contributed by atoms with Gasteiger partial charge in [0.05, 0.1) is 18.1 Å². The molecule has 4 rings (SSSR count). The highest BCUT2D eigenvalue weighted by molar-refractivity contribution is 7.99. The molecule has 1 aliphatic heterocycles. The molecule has 0 radical (unpaired) electrons. The third-order valence-electron chi connectivity index (χ3n) is 5.34. The van der Waals surface area contributed by atoms with Gasteiger partial charge in [-0.2, -0.15) is 0 Å². The molecule has 1 saturated heterocycles. The lowest BCUT2D eigenvalue weighted by molar-refractivity contribution is -0.113. The highest BCUT2D eigenvalue weighted by atomic mass is 32.2. The van der Waals surface area contributed by atoms with Crippen molar-refractivity contribution in [1.82, 2.24) is 25.0 Å². The molecule has 0 saturated carbocycles. The van der Waals surface area contributed by atoms with Crippen molar-refractivity contribution in [2.24, 2.45) is 7.05 Å². The molecule has 0 bridgehead atoms. The summed E-state index contributed by atoms with van der Waals surface area (Å²) in [6.07, 6.45) is 5.58. The van der Waals surface area contributed by atoms with Crippen LogP contribution in [0.3, 0.4) is 0 Å². The Bertz CT molecular complexity index is 1030.